The molecule has 1 heterocycles. The van der Waals surface area contributed by atoms with Crippen LogP contribution in [-0.2, 0) is 11.3 Å². The van der Waals surface area contributed by atoms with Gasteiger partial charge in [-0.3, -0.25) is 0 Å². The monoisotopic (exact) mass is 247 g/mol. The van der Waals surface area contributed by atoms with Crippen LogP contribution < -0.4 is 5.73 Å². The number of rotatable bonds is 5. The Labute approximate surface area is 106 Å². The van der Waals surface area contributed by atoms with E-state index in [0.29, 0.717) is 30.6 Å². The lowest BCUT2D eigenvalue weighted by Gasteiger charge is -2.03. The van der Waals surface area contributed by atoms with Gasteiger partial charge in [-0.1, -0.05) is 24.2 Å². The Kier molecular flexibility index (Phi) is 3.94. The van der Waals surface area contributed by atoms with Crippen LogP contribution >= 0.6 is 0 Å². The van der Waals surface area contributed by atoms with Gasteiger partial charge >= 0.3 is 0 Å². The lowest BCUT2D eigenvalue weighted by molar-refractivity contribution is 0.114. The van der Waals surface area contributed by atoms with Crippen LogP contribution in [0.15, 0.2) is 22.7 Å². The zero-order valence-corrected chi connectivity index (χ0v) is 10.6. The Morgan fingerprint density at radius 1 is 1.39 bits per heavy atom. The van der Waals surface area contributed by atoms with Gasteiger partial charge in [0, 0.05) is 12.3 Å². The third-order valence-electron chi connectivity index (χ3n) is 2.60. The molecule has 0 aliphatic carbocycles. The van der Waals surface area contributed by atoms with E-state index in [-0.39, 0.29) is 0 Å². The molecule has 0 aliphatic heterocycles. The molecule has 2 N–H and O–H groups in total. The normalized spacial score (nSPS) is 10.8. The van der Waals surface area contributed by atoms with Crippen molar-refractivity contribution in [3.05, 3.63) is 29.6 Å². The number of aromatic nitrogens is 2. The van der Waals surface area contributed by atoms with E-state index in [0.717, 1.165) is 17.5 Å². The van der Waals surface area contributed by atoms with E-state index in [1.807, 2.05) is 25.1 Å². The molecule has 18 heavy (non-hydrogen) atoms. The Morgan fingerprint density at radius 2 is 2.22 bits per heavy atom. The Morgan fingerprint density at radius 3 is 3.00 bits per heavy atom. The van der Waals surface area contributed by atoms with Crippen molar-refractivity contribution in [2.24, 2.45) is 0 Å². The largest absolute Gasteiger partial charge is 0.398 e. The first-order chi connectivity index (χ1) is 8.72. The molecule has 0 amide bonds. The van der Waals surface area contributed by atoms with Crippen molar-refractivity contribution < 1.29 is 9.26 Å². The number of benzene rings is 1. The molecule has 0 aliphatic rings. The minimum atomic E-state index is 0.364. The summed E-state index contributed by atoms with van der Waals surface area (Å²) in [6, 6.07) is 5.73. The Bertz CT molecular complexity index is 523. The second-order valence-corrected chi connectivity index (χ2v) is 4.10. The first-order valence-electron chi connectivity index (χ1n) is 5.98. The van der Waals surface area contributed by atoms with Gasteiger partial charge in [0.05, 0.1) is 5.56 Å². The van der Waals surface area contributed by atoms with E-state index in [2.05, 4.69) is 17.1 Å². The van der Waals surface area contributed by atoms with E-state index < -0.39 is 0 Å². The fraction of sp³-hybridized carbons (Fsp3) is 0.385. The number of aryl methyl sites for hydroxylation is 1. The predicted molar refractivity (Wildman–Crippen MR) is 68.8 cm³/mol. The van der Waals surface area contributed by atoms with Crippen LogP contribution in [0, 0.1) is 6.92 Å². The highest BCUT2D eigenvalue weighted by Gasteiger charge is 2.12. The number of hydrogen-bond acceptors (Lipinski definition) is 5. The van der Waals surface area contributed by atoms with Crippen molar-refractivity contribution >= 4 is 5.69 Å². The highest BCUT2D eigenvalue weighted by Crippen LogP contribution is 2.26. The summed E-state index contributed by atoms with van der Waals surface area (Å²) < 4.78 is 10.6. The van der Waals surface area contributed by atoms with Gasteiger partial charge in [-0.05, 0) is 25.0 Å². The quantitative estimate of drug-likeness (QED) is 0.649. The van der Waals surface area contributed by atoms with Crippen molar-refractivity contribution in [3.63, 3.8) is 0 Å². The predicted octanol–water partition coefficient (Wildman–Crippen LogP) is 2.55. The number of hydrogen-bond donors (Lipinski definition) is 1. The molecule has 2 aromatic rings. The zero-order valence-electron chi connectivity index (χ0n) is 10.6. The highest BCUT2D eigenvalue weighted by atomic mass is 16.5. The van der Waals surface area contributed by atoms with Crippen LogP contribution in [0.25, 0.3) is 11.5 Å². The van der Waals surface area contributed by atoms with Gasteiger partial charge in [0.2, 0.25) is 0 Å². The third-order valence-corrected chi connectivity index (χ3v) is 2.60. The molecule has 0 atom stereocenters. The summed E-state index contributed by atoms with van der Waals surface area (Å²) in [7, 11) is 0. The van der Waals surface area contributed by atoms with Crippen LogP contribution in [-0.4, -0.2) is 16.7 Å². The summed E-state index contributed by atoms with van der Waals surface area (Å²) in [6.07, 6.45) is 0.968. The van der Waals surface area contributed by atoms with Gasteiger partial charge in [0.25, 0.3) is 5.89 Å². The first-order valence-corrected chi connectivity index (χ1v) is 5.98. The molecule has 0 saturated carbocycles. The number of anilines is 1. The summed E-state index contributed by atoms with van der Waals surface area (Å²) in [4.78, 5) is 4.27. The van der Waals surface area contributed by atoms with Crippen LogP contribution in [0.2, 0.25) is 0 Å². The van der Waals surface area contributed by atoms with E-state index >= 15 is 0 Å². The molecule has 1 aromatic heterocycles. The smallest absolute Gasteiger partial charge is 0.260 e. The number of ether oxygens (including phenoxy) is 1. The second kappa shape index (κ2) is 5.64. The first kappa shape index (κ1) is 12.6. The summed E-state index contributed by atoms with van der Waals surface area (Å²) >= 11 is 0. The fourth-order valence-corrected chi connectivity index (χ4v) is 1.60. The van der Waals surface area contributed by atoms with Gasteiger partial charge in [-0.15, -0.1) is 0 Å². The van der Waals surface area contributed by atoms with Crippen LogP contribution in [0.4, 0.5) is 5.69 Å². The molecule has 0 bridgehead atoms. The molecule has 96 valence electrons. The number of nitrogen functional groups attached to an aromatic ring is 1. The minimum absolute atomic E-state index is 0.364. The number of para-hydroxylation sites is 1. The van der Waals surface area contributed by atoms with Gasteiger partial charge in [0.1, 0.15) is 6.61 Å². The molecule has 5 heteroatoms. The SMILES string of the molecule is CCCOCc1noc(-c2cccc(C)c2N)n1. The standard InChI is InChI=1S/C13H17N3O2/c1-3-7-17-8-11-15-13(18-16-11)10-6-4-5-9(2)12(10)14/h4-6H,3,7-8,14H2,1-2H3. The van der Waals surface area contributed by atoms with Crippen molar-refractivity contribution in [3.8, 4) is 11.5 Å². The maximum absolute atomic E-state index is 5.99. The topological polar surface area (TPSA) is 74.2 Å². The minimum Gasteiger partial charge on any atom is -0.398 e. The average Bonchev–Trinajstić information content (AvgIpc) is 2.82. The Balaban J connectivity index is 2.16. The number of nitrogens with two attached hydrogens (primary N) is 1. The molecular formula is C13H17N3O2. The van der Waals surface area contributed by atoms with Crippen molar-refractivity contribution in [1.29, 1.82) is 0 Å². The van der Waals surface area contributed by atoms with E-state index in [1.165, 1.54) is 0 Å². The van der Waals surface area contributed by atoms with E-state index in [9.17, 15) is 0 Å². The fourth-order valence-electron chi connectivity index (χ4n) is 1.60. The van der Waals surface area contributed by atoms with Crippen LogP contribution in [0.5, 0.6) is 0 Å². The average molecular weight is 247 g/mol. The molecule has 1 aromatic carbocycles. The molecule has 0 unspecified atom stereocenters. The zero-order chi connectivity index (χ0) is 13.0. The maximum Gasteiger partial charge on any atom is 0.260 e. The third kappa shape index (κ3) is 2.68. The Hall–Kier alpha value is -1.88. The molecule has 0 spiro atoms. The van der Waals surface area contributed by atoms with E-state index in [4.69, 9.17) is 15.0 Å². The molecule has 0 radical (unpaired) electrons. The lowest BCUT2D eigenvalue weighted by atomic mass is 10.1. The molecule has 0 fully saturated rings. The number of nitrogens with zero attached hydrogens (tertiary/aromatic N) is 2. The molecule has 0 saturated heterocycles. The van der Waals surface area contributed by atoms with Crippen LogP contribution in [0.3, 0.4) is 0 Å². The molecule has 2 rings (SSSR count). The summed E-state index contributed by atoms with van der Waals surface area (Å²) in [5.74, 6) is 0.977. The molecular weight excluding hydrogens is 230 g/mol. The van der Waals surface area contributed by atoms with Gasteiger partial charge in [-0.25, -0.2) is 0 Å². The maximum atomic E-state index is 5.99. The highest BCUT2D eigenvalue weighted by molar-refractivity contribution is 5.72. The summed E-state index contributed by atoms with van der Waals surface area (Å²) in [6.45, 7) is 5.05. The second-order valence-electron chi connectivity index (χ2n) is 4.10. The summed E-state index contributed by atoms with van der Waals surface area (Å²) in [5, 5.41) is 3.87. The van der Waals surface area contributed by atoms with Gasteiger partial charge < -0.3 is 15.0 Å². The van der Waals surface area contributed by atoms with Gasteiger partial charge in [-0.2, -0.15) is 4.98 Å². The van der Waals surface area contributed by atoms with Crippen molar-refractivity contribution in [2.75, 3.05) is 12.3 Å². The molecule has 5 nitrogen and oxygen atoms in total. The van der Waals surface area contributed by atoms with E-state index in [1.54, 1.807) is 0 Å². The summed E-state index contributed by atoms with van der Waals surface area (Å²) in [5.41, 5.74) is 8.42. The van der Waals surface area contributed by atoms with Gasteiger partial charge in [0.15, 0.2) is 5.82 Å². The van der Waals surface area contributed by atoms with Crippen LogP contribution in [0.1, 0.15) is 24.7 Å². The lowest BCUT2D eigenvalue weighted by Crippen LogP contribution is -1.96. The van der Waals surface area contributed by atoms with Crippen molar-refractivity contribution in [2.45, 2.75) is 26.9 Å². The van der Waals surface area contributed by atoms with Crippen molar-refractivity contribution in [1.82, 2.24) is 10.1 Å².